The molecular formula is C11H14N2O4. The third-order valence-corrected chi connectivity index (χ3v) is 2.25. The molecule has 1 aliphatic heterocycles. The van der Waals surface area contributed by atoms with E-state index in [1.807, 2.05) is 6.92 Å². The number of nitrogens with zero attached hydrogens (tertiary/aromatic N) is 2. The summed E-state index contributed by atoms with van der Waals surface area (Å²) in [5, 5.41) is 0. The van der Waals surface area contributed by atoms with Crippen LogP contribution in [0.25, 0.3) is 0 Å². The fraction of sp³-hybridized carbons (Fsp3) is 0.364. The maximum atomic E-state index is 11.7. The predicted molar refractivity (Wildman–Crippen MR) is 59.8 cm³/mol. The lowest BCUT2D eigenvalue weighted by Gasteiger charge is -2.28. The van der Waals surface area contributed by atoms with Gasteiger partial charge in [-0.25, -0.2) is 4.79 Å². The van der Waals surface area contributed by atoms with Gasteiger partial charge < -0.3 is 4.74 Å². The summed E-state index contributed by atoms with van der Waals surface area (Å²) in [6.45, 7) is 2.31. The standard InChI is InChI=1S/C11H14N2O4/c1-4-17-7-5-6-8-9(14)12(2)11(16)13(3)10(8)15/h5-7H,4H2,1-3H3. The van der Waals surface area contributed by atoms with Crippen LogP contribution >= 0.6 is 0 Å². The summed E-state index contributed by atoms with van der Waals surface area (Å²) in [5.74, 6) is -1.22. The molecule has 1 heterocycles. The Labute approximate surface area is 99.1 Å². The smallest absolute Gasteiger partial charge is 0.333 e. The van der Waals surface area contributed by atoms with Crippen molar-refractivity contribution >= 4 is 17.8 Å². The predicted octanol–water partition coefficient (Wildman–Crippen LogP) is 0.513. The molecule has 6 heteroatoms. The highest BCUT2D eigenvalue weighted by atomic mass is 16.5. The van der Waals surface area contributed by atoms with E-state index in [4.69, 9.17) is 4.74 Å². The van der Waals surface area contributed by atoms with E-state index < -0.39 is 17.8 Å². The second kappa shape index (κ2) is 5.29. The molecular weight excluding hydrogens is 224 g/mol. The van der Waals surface area contributed by atoms with Crippen LogP contribution in [0, 0.1) is 0 Å². The number of likely N-dealkylation sites (N-methyl/N-ethyl adjacent to an activating group) is 2. The molecule has 0 radical (unpaired) electrons. The zero-order valence-electron chi connectivity index (χ0n) is 9.97. The first-order valence-electron chi connectivity index (χ1n) is 5.09. The molecule has 1 rings (SSSR count). The van der Waals surface area contributed by atoms with E-state index in [-0.39, 0.29) is 5.57 Å². The number of barbiturate groups is 1. The van der Waals surface area contributed by atoms with E-state index in [0.29, 0.717) is 6.61 Å². The number of rotatable bonds is 3. The summed E-state index contributed by atoms with van der Waals surface area (Å²) in [6.07, 6.45) is 4.16. The number of urea groups is 1. The molecule has 0 unspecified atom stereocenters. The fourth-order valence-corrected chi connectivity index (χ4v) is 1.28. The molecule has 0 atom stereocenters. The zero-order valence-corrected chi connectivity index (χ0v) is 9.97. The monoisotopic (exact) mass is 238 g/mol. The Morgan fingerprint density at radius 3 is 2.12 bits per heavy atom. The van der Waals surface area contributed by atoms with E-state index in [1.54, 1.807) is 0 Å². The number of amides is 4. The van der Waals surface area contributed by atoms with Gasteiger partial charge in [0.1, 0.15) is 5.57 Å². The Kier molecular flexibility index (Phi) is 4.03. The minimum absolute atomic E-state index is 0.0643. The average Bonchev–Trinajstić information content (AvgIpc) is 2.33. The van der Waals surface area contributed by atoms with Crippen LogP contribution in [-0.2, 0) is 14.3 Å². The molecule has 0 saturated carbocycles. The lowest BCUT2D eigenvalue weighted by atomic mass is 10.1. The summed E-state index contributed by atoms with van der Waals surface area (Å²) in [6, 6.07) is -0.633. The van der Waals surface area contributed by atoms with Crippen LogP contribution in [0.4, 0.5) is 4.79 Å². The maximum Gasteiger partial charge on any atom is 0.333 e. The SMILES string of the molecule is CCOC=CC=C1C(=O)N(C)C(=O)N(C)C1=O. The Balaban J connectivity index is 2.94. The molecule has 0 aromatic heterocycles. The lowest BCUT2D eigenvalue weighted by Crippen LogP contribution is -2.52. The van der Waals surface area contributed by atoms with Crippen molar-refractivity contribution in [3.05, 3.63) is 24.0 Å². The second-order valence-corrected chi connectivity index (χ2v) is 3.38. The highest BCUT2D eigenvalue weighted by molar-refractivity contribution is 6.28. The Morgan fingerprint density at radius 2 is 1.65 bits per heavy atom. The molecule has 17 heavy (non-hydrogen) atoms. The summed E-state index contributed by atoms with van der Waals surface area (Å²) < 4.78 is 4.93. The highest BCUT2D eigenvalue weighted by Crippen LogP contribution is 2.14. The fourth-order valence-electron chi connectivity index (χ4n) is 1.28. The Bertz CT molecular complexity index is 386. The number of hydrogen-bond acceptors (Lipinski definition) is 4. The highest BCUT2D eigenvalue weighted by Gasteiger charge is 2.37. The quantitative estimate of drug-likeness (QED) is 0.408. The number of hydrogen-bond donors (Lipinski definition) is 0. The van der Waals surface area contributed by atoms with Crippen LogP contribution in [0.3, 0.4) is 0 Å². The molecule has 92 valence electrons. The van der Waals surface area contributed by atoms with Crippen LogP contribution in [0.2, 0.25) is 0 Å². The van der Waals surface area contributed by atoms with E-state index in [2.05, 4.69) is 0 Å². The average molecular weight is 238 g/mol. The van der Waals surface area contributed by atoms with Crippen molar-refractivity contribution in [2.45, 2.75) is 6.92 Å². The van der Waals surface area contributed by atoms with Gasteiger partial charge in [-0.15, -0.1) is 0 Å². The normalized spacial score (nSPS) is 17.1. The van der Waals surface area contributed by atoms with Gasteiger partial charge in [-0.3, -0.25) is 19.4 Å². The minimum Gasteiger partial charge on any atom is -0.501 e. The number of ether oxygens (including phenoxy) is 1. The molecule has 1 aliphatic rings. The van der Waals surface area contributed by atoms with Crippen molar-refractivity contribution in [1.82, 2.24) is 9.80 Å². The first-order valence-corrected chi connectivity index (χ1v) is 5.09. The summed E-state index contributed by atoms with van der Waals surface area (Å²) >= 11 is 0. The van der Waals surface area contributed by atoms with Crippen molar-refractivity contribution < 1.29 is 19.1 Å². The van der Waals surface area contributed by atoms with Crippen molar-refractivity contribution in [2.75, 3.05) is 20.7 Å². The van der Waals surface area contributed by atoms with Gasteiger partial charge in [0.15, 0.2) is 0 Å². The van der Waals surface area contributed by atoms with Crippen molar-refractivity contribution in [3.8, 4) is 0 Å². The first kappa shape index (κ1) is 13.0. The first-order chi connectivity index (χ1) is 8.00. The minimum atomic E-state index is -0.633. The van der Waals surface area contributed by atoms with Gasteiger partial charge in [0.05, 0.1) is 12.9 Å². The largest absolute Gasteiger partial charge is 0.501 e. The number of carbonyl (C=O) groups is 3. The molecule has 1 saturated heterocycles. The van der Waals surface area contributed by atoms with Crippen molar-refractivity contribution in [3.63, 3.8) is 0 Å². The third kappa shape index (κ3) is 2.52. The third-order valence-electron chi connectivity index (χ3n) is 2.25. The summed E-state index contributed by atoms with van der Waals surface area (Å²) in [4.78, 5) is 36.5. The van der Waals surface area contributed by atoms with Gasteiger partial charge in [0.25, 0.3) is 11.8 Å². The van der Waals surface area contributed by atoms with Crippen molar-refractivity contribution in [2.24, 2.45) is 0 Å². The maximum absolute atomic E-state index is 11.7. The lowest BCUT2D eigenvalue weighted by molar-refractivity contribution is -0.134. The van der Waals surface area contributed by atoms with E-state index in [1.165, 1.54) is 32.5 Å². The van der Waals surface area contributed by atoms with Crippen LogP contribution in [-0.4, -0.2) is 48.3 Å². The summed E-state index contributed by atoms with van der Waals surface area (Å²) in [5.41, 5.74) is -0.0643. The van der Waals surface area contributed by atoms with E-state index in [0.717, 1.165) is 9.80 Å². The van der Waals surface area contributed by atoms with Gasteiger partial charge in [0.2, 0.25) is 0 Å². The molecule has 6 nitrogen and oxygen atoms in total. The topological polar surface area (TPSA) is 66.9 Å². The second-order valence-electron chi connectivity index (χ2n) is 3.38. The van der Waals surface area contributed by atoms with Gasteiger partial charge in [0, 0.05) is 14.1 Å². The van der Waals surface area contributed by atoms with Crippen LogP contribution in [0.15, 0.2) is 24.0 Å². The molecule has 0 aliphatic carbocycles. The van der Waals surface area contributed by atoms with E-state index in [9.17, 15) is 14.4 Å². The molecule has 0 aromatic carbocycles. The Hall–Kier alpha value is -2.11. The van der Waals surface area contributed by atoms with Crippen molar-refractivity contribution in [1.29, 1.82) is 0 Å². The van der Waals surface area contributed by atoms with Gasteiger partial charge in [-0.05, 0) is 19.1 Å². The van der Waals surface area contributed by atoms with Gasteiger partial charge >= 0.3 is 6.03 Å². The zero-order chi connectivity index (χ0) is 13.0. The van der Waals surface area contributed by atoms with Crippen LogP contribution in [0.1, 0.15) is 6.92 Å². The molecule has 0 N–H and O–H groups in total. The molecule has 1 fully saturated rings. The number of allylic oxidation sites excluding steroid dienone is 2. The summed E-state index contributed by atoms with van der Waals surface area (Å²) in [7, 11) is 2.65. The number of carbonyl (C=O) groups excluding carboxylic acids is 3. The van der Waals surface area contributed by atoms with E-state index >= 15 is 0 Å². The number of imide groups is 2. The molecule has 4 amide bonds. The molecule has 0 aromatic rings. The van der Waals surface area contributed by atoms with Gasteiger partial charge in [-0.1, -0.05) is 0 Å². The molecule has 0 bridgehead atoms. The Morgan fingerprint density at radius 1 is 1.12 bits per heavy atom. The van der Waals surface area contributed by atoms with Crippen LogP contribution < -0.4 is 0 Å². The van der Waals surface area contributed by atoms with Crippen LogP contribution in [0.5, 0.6) is 0 Å². The van der Waals surface area contributed by atoms with Gasteiger partial charge in [-0.2, -0.15) is 0 Å². The molecule has 0 spiro atoms.